The molecular formula is C17H13NO4. The van der Waals surface area contributed by atoms with E-state index in [-0.39, 0.29) is 23.8 Å². The van der Waals surface area contributed by atoms with Gasteiger partial charge in [-0.05, 0) is 24.3 Å². The van der Waals surface area contributed by atoms with E-state index in [2.05, 4.69) is 5.32 Å². The molecule has 22 heavy (non-hydrogen) atoms. The first-order valence-corrected chi connectivity index (χ1v) is 6.71. The number of carbonyl (C=O) groups is 2. The monoisotopic (exact) mass is 295 g/mol. The molecule has 0 saturated heterocycles. The summed E-state index contributed by atoms with van der Waals surface area (Å²) >= 11 is 0. The van der Waals surface area contributed by atoms with Gasteiger partial charge in [0.25, 0.3) is 5.91 Å². The van der Waals surface area contributed by atoms with Crippen LogP contribution in [0.3, 0.4) is 0 Å². The minimum Gasteiger partial charge on any atom is -0.488 e. The van der Waals surface area contributed by atoms with Gasteiger partial charge in [0.1, 0.15) is 12.4 Å². The van der Waals surface area contributed by atoms with Crippen molar-refractivity contribution in [2.45, 2.75) is 0 Å². The molecule has 2 aromatic rings. The van der Waals surface area contributed by atoms with Crippen molar-refractivity contribution < 1.29 is 19.4 Å². The molecule has 0 unspecified atom stereocenters. The highest BCUT2D eigenvalue weighted by molar-refractivity contribution is 6.10. The summed E-state index contributed by atoms with van der Waals surface area (Å²) < 4.78 is 5.53. The number of ether oxygens (including phenoxy) is 1. The molecule has 2 aromatic carbocycles. The number of hydrogen-bond donors (Lipinski definition) is 2. The number of para-hydroxylation sites is 2. The maximum Gasteiger partial charge on any atom is 0.337 e. The number of benzene rings is 2. The van der Waals surface area contributed by atoms with Gasteiger partial charge in [0.05, 0.1) is 16.8 Å². The van der Waals surface area contributed by atoms with Crippen LogP contribution in [0.1, 0.15) is 15.9 Å². The zero-order valence-corrected chi connectivity index (χ0v) is 11.6. The molecule has 5 nitrogen and oxygen atoms in total. The summed E-state index contributed by atoms with van der Waals surface area (Å²) in [7, 11) is 0. The Labute approximate surface area is 126 Å². The predicted molar refractivity (Wildman–Crippen MR) is 81.9 cm³/mol. The molecule has 1 aliphatic rings. The van der Waals surface area contributed by atoms with Gasteiger partial charge >= 0.3 is 5.97 Å². The average Bonchev–Trinajstić information content (AvgIpc) is 2.54. The molecule has 5 heteroatoms. The SMILES string of the molecule is O=C(Nc1ccccc1C(=O)O)C1=Cc2ccccc2OC1. The third kappa shape index (κ3) is 2.69. The lowest BCUT2D eigenvalue weighted by molar-refractivity contribution is -0.113. The lowest BCUT2D eigenvalue weighted by Crippen LogP contribution is -2.22. The predicted octanol–water partition coefficient (Wildman–Crippen LogP) is 2.80. The highest BCUT2D eigenvalue weighted by atomic mass is 16.5. The zero-order valence-electron chi connectivity index (χ0n) is 11.6. The van der Waals surface area contributed by atoms with Gasteiger partial charge < -0.3 is 15.2 Å². The average molecular weight is 295 g/mol. The van der Waals surface area contributed by atoms with Gasteiger partial charge in [-0.15, -0.1) is 0 Å². The first kappa shape index (κ1) is 13.9. The summed E-state index contributed by atoms with van der Waals surface area (Å²) in [5.74, 6) is -0.733. The molecule has 0 fully saturated rings. The normalized spacial score (nSPS) is 12.6. The van der Waals surface area contributed by atoms with E-state index < -0.39 is 5.97 Å². The third-order valence-corrected chi connectivity index (χ3v) is 3.33. The fraction of sp³-hybridized carbons (Fsp3) is 0.0588. The molecule has 1 aliphatic heterocycles. The van der Waals surface area contributed by atoms with Crippen LogP contribution in [-0.4, -0.2) is 23.6 Å². The first-order chi connectivity index (χ1) is 10.6. The Morgan fingerprint density at radius 2 is 1.77 bits per heavy atom. The van der Waals surface area contributed by atoms with Crippen molar-refractivity contribution in [2.24, 2.45) is 0 Å². The summed E-state index contributed by atoms with van der Waals surface area (Å²) in [6, 6.07) is 13.7. The number of rotatable bonds is 3. The van der Waals surface area contributed by atoms with E-state index in [9.17, 15) is 9.59 Å². The summed E-state index contributed by atoms with van der Waals surface area (Å²) in [4.78, 5) is 23.5. The number of nitrogens with one attached hydrogen (secondary N) is 1. The lowest BCUT2D eigenvalue weighted by atomic mass is 10.1. The van der Waals surface area contributed by atoms with Gasteiger partial charge in [0, 0.05) is 5.56 Å². The molecule has 0 radical (unpaired) electrons. The smallest absolute Gasteiger partial charge is 0.337 e. The number of aromatic carboxylic acids is 1. The van der Waals surface area contributed by atoms with Crippen molar-refractivity contribution in [1.29, 1.82) is 0 Å². The minimum absolute atomic E-state index is 0.0496. The van der Waals surface area contributed by atoms with Crippen molar-refractivity contribution in [3.63, 3.8) is 0 Å². The highest BCUT2D eigenvalue weighted by Crippen LogP contribution is 2.26. The molecule has 3 rings (SSSR count). The molecule has 1 heterocycles. The number of amides is 1. The summed E-state index contributed by atoms with van der Waals surface area (Å²) in [6.45, 7) is 0.151. The largest absolute Gasteiger partial charge is 0.488 e. The molecule has 0 saturated carbocycles. The standard InChI is InChI=1S/C17H13NO4/c19-16(18-14-7-3-2-6-13(14)17(20)21)12-9-11-5-1-4-8-15(11)22-10-12/h1-9H,10H2,(H,18,19)(H,20,21). The molecule has 110 valence electrons. The van der Waals surface area contributed by atoms with Crippen LogP contribution in [0.2, 0.25) is 0 Å². The van der Waals surface area contributed by atoms with Crippen molar-refractivity contribution in [3.05, 3.63) is 65.2 Å². The highest BCUT2D eigenvalue weighted by Gasteiger charge is 2.19. The van der Waals surface area contributed by atoms with E-state index >= 15 is 0 Å². The van der Waals surface area contributed by atoms with Gasteiger partial charge in [0.2, 0.25) is 0 Å². The Kier molecular flexibility index (Phi) is 3.62. The van der Waals surface area contributed by atoms with Crippen molar-refractivity contribution >= 4 is 23.6 Å². The number of hydrogen-bond acceptors (Lipinski definition) is 3. The first-order valence-electron chi connectivity index (χ1n) is 6.71. The summed E-state index contributed by atoms with van der Waals surface area (Å²) in [5.41, 5.74) is 1.58. The number of carboxylic acid groups (broad SMARTS) is 1. The molecule has 0 aliphatic carbocycles. The topological polar surface area (TPSA) is 75.6 Å². The molecular weight excluding hydrogens is 282 g/mol. The van der Waals surface area contributed by atoms with E-state index in [1.165, 1.54) is 6.07 Å². The molecule has 0 atom stereocenters. The van der Waals surface area contributed by atoms with Crippen LogP contribution in [-0.2, 0) is 4.79 Å². The van der Waals surface area contributed by atoms with E-state index in [1.807, 2.05) is 24.3 Å². The Hall–Kier alpha value is -3.08. The zero-order chi connectivity index (χ0) is 15.5. The number of carboxylic acids is 1. The molecule has 1 amide bonds. The quantitative estimate of drug-likeness (QED) is 0.913. The van der Waals surface area contributed by atoms with Gasteiger partial charge in [-0.1, -0.05) is 30.3 Å². The van der Waals surface area contributed by atoms with Gasteiger partial charge in [0.15, 0.2) is 0 Å². The van der Waals surface area contributed by atoms with Gasteiger partial charge in [-0.25, -0.2) is 4.79 Å². The Bertz CT molecular complexity index is 780. The van der Waals surface area contributed by atoms with Crippen LogP contribution in [0.25, 0.3) is 6.08 Å². The second-order valence-electron chi connectivity index (χ2n) is 4.80. The van der Waals surface area contributed by atoms with Gasteiger partial charge in [-0.2, -0.15) is 0 Å². The Morgan fingerprint density at radius 1 is 1.05 bits per heavy atom. The number of carbonyl (C=O) groups excluding carboxylic acids is 1. The van der Waals surface area contributed by atoms with Crippen LogP contribution in [0, 0.1) is 0 Å². The van der Waals surface area contributed by atoms with Crippen molar-refractivity contribution in [2.75, 3.05) is 11.9 Å². The Balaban J connectivity index is 1.85. The van der Waals surface area contributed by atoms with Crippen molar-refractivity contribution in [3.8, 4) is 5.75 Å². The fourth-order valence-electron chi connectivity index (χ4n) is 2.23. The van der Waals surface area contributed by atoms with Gasteiger partial charge in [-0.3, -0.25) is 4.79 Å². The summed E-state index contributed by atoms with van der Waals surface area (Å²) in [5, 5.41) is 11.8. The van der Waals surface area contributed by atoms with Crippen molar-refractivity contribution in [1.82, 2.24) is 0 Å². The van der Waals surface area contributed by atoms with E-state index in [1.54, 1.807) is 24.3 Å². The number of fused-ring (bicyclic) bond motifs is 1. The summed E-state index contributed by atoms with van der Waals surface area (Å²) in [6.07, 6.45) is 1.75. The van der Waals surface area contributed by atoms with E-state index in [4.69, 9.17) is 9.84 Å². The maximum atomic E-state index is 12.3. The van der Waals surface area contributed by atoms with E-state index in [0.717, 1.165) is 11.3 Å². The van der Waals surface area contributed by atoms with Crippen LogP contribution in [0.4, 0.5) is 5.69 Å². The maximum absolute atomic E-state index is 12.3. The molecule has 2 N–H and O–H groups in total. The second kappa shape index (κ2) is 5.73. The van der Waals surface area contributed by atoms with Crippen LogP contribution in [0.15, 0.2) is 54.1 Å². The molecule has 0 aromatic heterocycles. The fourth-order valence-corrected chi connectivity index (χ4v) is 2.23. The molecule has 0 bridgehead atoms. The van der Waals surface area contributed by atoms with Crippen LogP contribution >= 0.6 is 0 Å². The Morgan fingerprint density at radius 3 is 2.59 bits per heavy atom. The minimum atomic E-state index is -1.09. The third-order valence-electron chi connectivity index (χ3n) is 3.33. The second-order valence-corrected chi connectivity index (χ2v) is 4.80. The van der Waals surface area contributed by atoms with Crippen LogP contribution in [0.5, 0.6) is 5.75 Å². The molecule has 0 spiro atoms. The lowest BCUT2D eigenvalue weighted by Gasteiger charge is -2.17. The van der Waals surface area contributed by atoms with E-state index in [0.29, 0.717) is 5.57 Å². The number of anilines is 1. The van der Waals surface area contributed by atoms with Crippen LogP contribution < -0.4 is 10.1 Å².